The predicted octanol–water partition coefficient (Wildman–Crippen LogP) is 1.83. The van der Waals surface area contributed by atoms with E-state index in [9.17, 15) is 4.79 Å². The van der Waals surface area contributed by atoms with Gasteiger partial charge in [0, 0.05) is 10.9 Å². The van der Waals surface area contributed by atoms with Crippen LogP contribution in [0.3, 0.4) is 0 Å². The van der Waals surface area contributed by atoms with E-state index in [0.717, 1.165) is 5.39 Å². The van der Waals surface area contributed by atoms with Crippen LogP contribution in [-0.2, 0) is 4.79 Å². The first kappa shape index (κ1) is 9.73. The Bertz CT molecular complexity index is 516. The number of fused-ring (bicyclic) bond motifs is 1. The van der Waals surface area contributed by atoms with Gasteiger partial charge in [-0.3, -0.25) is 4.79 Å². The zero-order valence-electron chi connectivity index (χ0n) is 8.23. The van der Waals surface area contributed by atoms with Crippen LogP contribution in [0, 0.1) is 6.92 Å². The number of benzene rings is 1. The van der Waals surface area contributed by atoms with Crippen molar-refractivity contribution in [1.29, 1.82) is 0 Å². The van der Waals surface area contributed by atoms with Gasteiger partial charge >= 0.3 is 5.97 Å². The van der Waals surface area contributed by atoms with Crippen LogP contribution in [-0.4, -0.2) is 11.1 Å². The summed E-state index contributed by atoms with van der Waals surface area (Å²) < 4.78 is 5.43. The van der Waals surface area contributed by atoms with Crippen LogP contribution in [0.25, 0.3) is 11.0 Å². The second kappa shape index (κ2) is 3.40. The maximum absolute atomic E-state index is 10.8. The van der Waals surface area contributed by atoms with Crippen molar-refractivity contribution in [2.45, 2.75) is 13.0 Å². The van der Waals surface area contributed by atoms with Crippen molar-refractivity contribution in [3.05, 3.63) is 35.6 Å². The van der Waals surface area contributed by atoms with Gasteiger partial charge in [-0.25, -0.2) is 0 Å². The lowest BCUT2D eigenvalue weighted by atomic mass is 10.0. The molecule has 2 rings (SSSR count). The van der Waals surface area contributed by atoms with Crippen LogP contribution in [0.5, 0.6) is 0 Å². The van der Waals surface area contributed by atoms with E-state index >= 15 is 0 Å². The standard InChI is InChI=1S/C11H11NO3/c1-6-9(10(12)11(13)14)7-4-2-3-5-8(7)15-6/h2-5,10H,12H2,1H3,(H,13,14). The fourth-order valence-electron chi connectivity index (χ4n) is 1.70. The van der Waals surface area contributed by atoms with E-state index in [1.165, 1.54) is 0 Å². The Balaban J connectivity index is 2.68. The summed E-state index contributed by atoms with van der Waals surface area (Å²) in [5.74, 6) is -0.490. The molecule has 15 heavy (non-hydrogen) atoms. The first-order valence-electron chi connectivity index (χ1n) is 4.57. The molecule has 0 bridgehead atoms. The summed E-state index contributed by atoms with van der Waals surface area (Å²) in [6, 6.07) is 6.23. The minimum atomic E-state index is -1.05. The van der Waals surface area contributed by atoms with E-state index in [2.05, 4.69) is 0 Å². The van der Waals surface area contributed by atoms with Crippen molar-refractivity contribution in [3.63, 3.8) is 0 Å². The molecule has 0 fully saturated rings. The summed E-state index contributed by atoms with van der Waals surface area (Å²) in [5, 5.41) is 9.64. The number of aliphatic carboxylic acids is 1. The van der Waals surface area contributed by atoms with Crippen molar-refractivity contribution in [2.24, 2.45) is 5.73 Å². The summed E-state index contributed by atoms with van der Waals surface area (Å²) in [6.45, 7) is 1.72. The van der Waals surface area contributed by atoms with Crippen molar-refractivity contribution < 1.29 is 14.3 Å². The molecular weight excluding hydrogens is 194 g/mol. The lowest BCUT2D eigenvalue weighted by Gasteiger charge is -2.04. The van der Waals surface area contributed by atoms with Crippen LogP contribution in [0.4, 0.5) is 0 Å². The average molecular weight is 205 g/mol. The highest BCUT2D eigenvalue weighted by Crippen LogP contribution is 2.29. The molecule has 0 radical (unpaired) electrons. The van der Waals surface area contributed by atoms with Gasteiger partial charge in [0.15, 0.2) is 0 Å². The number of carboxylic acids is 1. The summed E-state index contributed by atoms with van der Waals surface area (Å²) in [6.07, 6.45) is 0. The maximum Gasteiger partial charge on any atom is 0.325 e. The van der Waals surface area contributed by atoms with Gasteiger partial charge in [0.05, 0.1) is 0 Å². The van der Waals surface area contributed by atoms with Gasteiger partial charge in [-0.15, -0.1) is 0 Å². The zero-order valence-corrected chi connectivity index (χ0v) is 8.23. The van der Waals surface area contributed by atoms with Crippen LogP contribution in [0.15, 0.2) is 28.7 Å². The minimum absolute atomic E-state index is 0.554. The molecule has 0 saturated heterocycles. The number of para-hydroxylation sites is 1. The third-order valence-electron chi connectivity index (χ3n) is 2.40. The van der Waals surface area contributed by atoms with Crippen LogP contribution >= 0.6 is 0 Å². The lowest BCUT2D eigenvalue weighted by molar-refractivity contribution is -0.138. The molecule has 2 aromatic rings. The fourth-order valence-corrected chi connectivity index (χ4v) is 1.70. The van der Waals surface area contributed by atoms with Gasteiger partial charge in [-0.2, -0.15) is 0 Å². The second-order valence-electron chi connectivity index (χ2n) is 3.38. The van der Waals surface area contributed by atoms with E-state index in [-0.39, 0.29) is 0 Å². The predicted molar refractivity (Wildman–Crippen MR) is 55.5 cm³/mol. The van der Waals surface area contributed by atoms with Crippen molar-refractivity contribution in [1.82, 2.24) is 0 Å². The van der Waals surface area contributed by atoms with Crippen molar-refractivity contribution in [2.75, 3.05) is 0 Å². The largest absolute Gasteiger partial charge is 0.480 e. The molecule has 1 heterocycles. The molecule has 0 amide bonds. The molecule has 0 aliphatic rings. The molecular formula is C11H11NO3. The molecule has 4 nitrogen and oxygen atoms in total. The molecule has 1 unspecified atom stereocenters. The van der Waals surface area contributed by atoms with Gasteiger partial charge in [0.25, 0.3) is 0 Å². The van der Waals surface area contributed by atoms with E-state index in [1.807, 2.05) is 18.2 Å². The number of hydrogen-bond acceptors (Lipinski definition) is 3. The number of furan rings is 1. The van der Waals surface area contributed by atoms with Gasteiger partial charge in [0.2, 0.25) is 0 Å². The number of nitrogens with two attached hydrogens (primary N) is 1. The highest BCUT2D eigenvalue weighted by Gasteiger charge is 2.22. The van der Waals surface area contributed by atoms with E-state index in [0.29, 0.717) is 16.9 Å². The lowest BCUT2D eigenvalue weighted by Crippen LogP contribution is -2.20. The average Bonchev–Trinajstić information content (AvgIpc) is 2.52. The summed E-state index contributed by atoms with van der Waals surface area (Å²) in [5.41, 5.74) is 6.81. The molecule has 0 saturated carbocycles. The highest BCUT2D eigenvalue weighted by atomic mass is 16.4. The SMILES string of the molecule is Cc1oc2ccccc2c1C(N)C(=O)O. The van der Waals surface area contributed by atoms with Crippen LogP contribution < -0.4 is 5.73 Å². The maximum atomic E-state index is 10.8. The monoisotopic (exact) mass is 205 g/mol. The third kappa shape index (κ3) is 1.49. The molecule has 3 N–H and O–H groups in total. The summed E-state index contributed by atoms with van der Waals surface area (Å²) in [4.78, 5) is 10.8. The summed E-state index contributed by atoms with van der Waals surface area (Å²) >= 11 is 0. The molecule has 1 aromatic carbocycles. The molecule has 0 aliphatic heterocycles. The third-order valence-corrected chi connectivity index (χ3v) is 2.40. The second-order valence-corrected chi connectivity index (χ2v) is 3.38. The Morgan fingerprint density at radius 3 is 2.80 bits per heavy atom. The Morgan fingerprint density at radius 2 is 2.13 bits per heavy atom. The van der Waals surface area contributed by atoms with E-state index < -0.39 is 12.0 Å². The smallest absolute Gasteiger partial charge is 0.325 e. The topological polar surface area (TPSA) is 76.5 Å². The first-order chi connectivity index (χ1) is 7.11. The van der Waals surface area contributed by atoms with Crippen LogP contribution in [0.1, 0.15) is 17.4 Å². The number of carbonyl (C=O) groups is 1. The van der Waals surface area contributed by atoms with Gasteiger partial charge in [-0.1, -0.05) is 18.2 Å². The Kier molecular flexibility index (Phi) is 2.21. The number of carboxylic acid groups (broad SMARTS) is 1. The Morgan fingerprint density at radius 1 is 1.47 bits per heavy atom. The minimum Gasteiger partial charge on any atom is -0.480 e. The molecule has 0 spiro atoms. The van der Waals surface area contributed by atoms with E-state index in [4.69, 9.17) is 15.3 Å². The Hall–Kier alpha value is -1.81. The normalized spacial score (nSPS) is 12.9. The van der Waals surface area contributed by atoms with Crippen molar-refractivity contribution in [3.8, 4) is 0 Å². The zero-order chi connectivity index (χ0) is 11.0. The quantitative estimate of drug-likeness (QED) is 0.784. The molecule has 1 aromatic heterocycles. The molecule has 0 aliphatic carbocycles. The number of rotatable bonds is 2. The number of hydrogen-bond donors (Lipinski definition) is 2. The summed E-state index contributed by atoms with van der Waals surface area (Å²) in [7, 11) is 0. The van der Waals surface area contributed by atoms with Crippen molar-refractivity contribution >= 4 is 16.9 Å². The van der Waals surface area contributed by atoms with Gasteiger partial charge < -0.3 is 15.3 Å². The van der Waals surface area contributed by atoms with Gasteiger partial charge in [-0.05, 0) is 13.0 Å². The fraction of sp³-hybridized carbons (Fsp3) is 0.182. The Labute approximate surface area is 86.3 Å². The molecule has 78 valence electrons. The van der Waals surface area contributed by atoms with Crippen LogP contribution in [0.2, 0.25) is 0 Å². The highest BCUT2D eigenvalue weighted by molar-refractivity contribution is 5.88. The van der Waals surface area contributed by atoms with Gasteiger partial charge in [0.1, 0.15) is 17.4 Å². The molecule has 4 heteroatoms. The van der Waals surface area contributed by atoms with E-state index in [1.54, 1.807) is 13.0 Å². The first-order valence-corrected chi connectivity index (χ1v) is 4.57. The molecule has 1 atom stereocenters. The number of aryl methyl sites for hydroxylation is 1.